The first-order valence-corrected chi connectivity index (χ1v) is 7.26. The second-order valence-corrected chi connectivity index (χ2v) is 6.96. The maximum Gasteiger partial charge on any atom is 0.369 e. The highest BCUT2D eigenvalue weighted by molar-refractivity contribution is 7.72. The smallest absolute Gasteiger partial charge is 0.322 e. The summed E-state index contributed by atoms with van der Waals surface area (Å²) in [5.74, 6) is 0. The summed E-state index contributed by atoms with van der Waals surface area (Å²) in [5.41, 5.74) is 0. The van der Waals surface area contributed by atoms with Crippen LogP contribution in [0.5, 0.6) is 0 Å². The Morgan fingerprint density at radius 2 is 1.60 bits per heavy atom. The molecule has 0 aromatic rings. The maximum absolute atomic E-state index is 11.1. The first-order valence-electron chi connectivity index (χ1n) is 4.03. The average molecular weight is 255 g/mol. The van der Waals surface area contributed by atoms with Crippen molar-refractivity contribution in [2.75, 3.05) is 0 Å². The van der Waals surface area contributed by atoms with Crippen molar-refractivity contribution < 1.29 is 28.7 Å². The van der Waals surface area contributed by atoms with Crippen LogP contribution in [0.3, 0.4) is 0 Å². The van der Waals surface area contributed by atoms with Gasteiger partial charge in [-0.3, -0.25) is 14.1 Å². The molecule has 0 spiro atoms. The van der Waals surface area contributed by atoms with Gasteiger partial charge in [0.25, 0.3) is 5.02 Å². The third-order valence-electron chi connectivity index (χ3n) is 1.94. The molecular weight excluding hydrogens is 244 g/mol. The summed E-state index contributed by atoms with van der Waals surface area (Å²) < 4.78 is 22.3. The zero-order chi connectivity index (χ0) is 11.7. The van der Waals surface area contributed by atoms with Crippen LogP contribution in [0.1, 0.15) is 12.8 Å². The van der Waals surface area contributed by atoms with E-state index in [4.69, 9.17) is 19.6 Å². The number of aliphatic imine (C=N–C) groups is 1. The molecule has 1 heterocycles. The molecule has 9 heteroatoms. The topological polar surface area (TPSA) is 127 Å². The zero-order valence-corrected chi connectivity index (χ0v) is 9.38. The Morgan fingerprint density at radius 1 is 1.07 bits per heavy atom. The fraction of sp³-hybridized carbons (Fsp3) is 0.500. The molecular formula is C6H11NO6P2. The van der Waals surface area contributed by atoms with E-state index >= 15 is 0 Å². The first-order chi connectivity index (χ1) is 6.71. The van der Waals surface area contributed by atoms with Gasteiger partial charge in [0.15, 0.2) is 0 Å². The van der Waals surface area contributed by atoms with Gasteiger partial charge in [0.05, 0.1) is 0 Å². The maximum atomic E-state index is 11.1. The quantitative estimate of drug-likeness (QED) is 0.418. The molecule has 86 valence electrons. The van der Waals surface area contributed by atoms with E-state index in [1.54, 1.807) is 0 Å². The lowest BCUT2D eigenvalue weighted by Gasteiger charge is -2.27. The summed E-state index contributed by atoms with van der Waals surface area (Å²) in [7, 11) is -10.1. The fourth-order valence-corrected chi connectivity index (χ4v) is 3.59. The Kier molecular flexibility index (Phi) is 3.36. The van der Waals surface area contributed by atoms with Crippen LogP contribution in [0.2, 0.25) is 0 Å². The summed E-state index contributed by atoms with van der Waals surface area (Å²) in [6, 6.07) is 0. The molecule has 0 bridgehead atoms. The molecule has 0 amide bonds. The molecule has 0 saturated carbocycles. The lowest BCUT2D eigenvalue weighted by molar-refractivity contribution is 0.324. The molecule has 1 aliphatic rings. The van der Waals surface area contributed by atoms with Gasteiger partial charge in [0, 0.05) is 6.21 Å². The summed E-state index contributed by atoms with van der Waals surface area (Å²) >= 11 is 0. The first kappa shape index (κ1) is 12.8. The molecule has 1 aliphatic heterocycles. The highest BCUT2D eigenvalue weighted by Crippen LogP contribution is 2.70. The van der Waals surface area contributed by atoms with Gasteiger partial charge in [0.2, 0.25) is 0 Å². The summed E-state index contributed by atoms with van der Waals surface area (Å²) in [5, 5.41) is -2.74. The van der Waals surface area contributed by atoms with Crippen LogP contribution in [0.15, 0.2) is 17.1 Å². The average Bonchev–Trinajstić information content (AvgIpc) is 2.25. The second kappa shape index (κ2) is 3.94. The van der Waals surface area contributed by atoms with Crippen LogP contribution in [-0.4, -0.2) is 30.8 Å². The molecule has 0 aromatic heterocycles. The second-order valence-electron chi connectivity index (χ2n) is 3.07. The number of nitrogens with zero attached hydrogens (tertiary/aromatic N) is 1. The van der Waals surface area contributed by atoms with Crippen molar-refractivity contribution in [2.45, 2.75) is 17.9 Å². The van der Waals surface area contributed by atoms with E-state index in [9.17, 15) is 9.13 Å². The van der Waals surface area contributed by atoms with Gasteiger partial charge >= 0.3 is 15.2 Å². The molecule has 0 radical (unpaired) electrons. The van der Waals surface area contributed by atoms with E-state index in [0.717, 1.165) is 12.3 Å². The van der Waals surface area contributed by atoms with E-state index < -0.39 is 20.2 Å². The van der Waals surface area contributed by atoms with Gasteiger partial charge in [-0.1, -0.05) is 6.08 Å². The lowest BCUT2D eigenvalue weighted by atomic mass is 10.3. The molecule has 1 rings (SSSR count). The van der Waals surface area contributed by atoms with Crippen LogP contribution in [0, 0.1) is 0 Å². The molecule has 0 saturated heterocycles. The Hall–Kier alpha value is -0.290. The van der Waals surface area contributed by atoms with Crippen molar-refractivity contribution in [3.05, 3.63) is 12.2 Å². The van der Waals surface area contributed by atoms with Crippen molar-refractivity contribution in [3.63, 3.8) is 0 Å². The zero-order valence-electron chi connectivity index (χ0n) is 7.59. The fourth-order valence-electron chi connectivity index (χ4n) is 1.17. The number of hydrogen-bond acceptors (Lipinski definition) is 3. The van der Waals surface area contributed by atoms with E-state index in [2.05, 4.69) is 4.99 Å². The summed E-state index contributed by atoms with van der Waals surface area (Å²) in [6.07, 6.45) is 4.06. The van der Waals surface area contributed by atoms with Crippen LogP contribution in [0.25, 0.3) is 0 Å². The predicted molar refractivity (Wildman–Crippen MR) is 53.7 cm³/mol. The molecule has 0 unspecified atom stereocenters. The van der Waals surface area contributed by atoms with Crippen molar-refractivity contribution in [1.82, 2.24) is 0 Å². The van der Waals surface area contributed by atoms with Crippen molar-refractivity contribution in [2.24, 2.45) is 4.99 Å². The van der Waals surface area contributed by atoms with Crippen molar-refractivity contribution in [1.29, 1.82) is 0 Å². The van der Waals surface area contributed by atoms with Crippen molar-refractivity contribution in [3.8, 4) is 0 Å². The largest absolute Gasteiger partial charge is 0.369 e. The van der Waals surface area contributed by atoms with Crippen LogP contribution in [-0.2, 0) is 9.13 Å². The highest BCUT2D eigenvalue weighted by Gasteiger charge is 2.58. The molecule has 4 N–H and O–H groups in total. The van der Waals surface area contributed by atoms with Crippen molar-refractivity contribution >= 4 is 21.4 Å². The minimum atomic E-state index is -5.07. The number of hydrogen-bond donors (Lipinski definition) is 4. The number of allylic oxidation sites excluding steroid dienone is 1. The molecule has 7 nitrogen and oxygen atoms in total. The lowest BCUT2D eigenvalue weighted by Crippen LogP contribution is -2.23. The Bertz CT molecular complexity index is 352. The third kappa shape index (κ3) is 2.28. The van der Waals surface area contributed by atoms with Gasteiger partial charge in [-0.2, -0.15) is 0 Å². The molecule has 15 heavy (non-hydrogen) atoms. The molecule has 0 aromatic carbocycles. The monoisotopic (exact) mass is 255 g/mol. The highest BCUT2D eigenvalue weighted by atomic mass is 31.2. The normalized spacial score (nSPS) is 21.3. The minimum Gasteiger partial charge on any atom is -0.322 e. The predicted octanol–water partition coefficient (Wildman–Crippen LogP) is 0.416. The summed E-state index contributed by atoms with van der Waals surface area (Å²) in [4.78, 5) is 39.4. The Morgan fingerprint density at radius 3 is 2.07 bits per heavy atom. The van der Waals surface area contributed by atoms with Crippen LogP contribution in [0.4, 0.5) is 0 Å². The molecule has 0 fully saturated rings. The van der Waals surface area contributed by atoms with E-state index in [1.165, 1.54) is 6.08 Å². The Balaban J connectivity index is 3.43. The van der Waals surface area contributed by atoms with Crippen LogP contribution >= 0.6 is 15.2 Å². The number of rotatable bonds is 2. The van der Waals surface area contributed by atoms with Gasteiger partial charge in [0.1, 0.15) is 0 Å². The molecule has 0 aliphatic carbocycles. The van der Waals surface area contributed by atoms with Crippen LogP contribution < -0.4 is 0 Å². The van der Waals surface area contributed by atoms with Gasteiger partial charge in [-0.25, -0.2) is 0 Å². The van der Waals surface area contributed by atoms with Gasteiger partial charge in [-0.15, -0.1) is 0 Å². The van der Waals surface area contributed by atoms with Gasteiger partial charge in [-0.05, 0) is 18.9 Å². The minimum absolute atomic E-state index is 0.387. The standard InChI is InChI=1S/C6H11NO6P2/c8-14(9,10)6(15(11,12)13)4-2-1-3-5-7-6/h2,4-5H,1,3H2,(H2,8,9,10)(H2,11,12,13). The van der Waals surface area contributed by atoms with E-state index in [-0.39, 0.29) is 0 Å². The Labute approximate surface area is 85.9 Å². The SMILES string of the molecule is O=P(O)(O)C1(P(=O)(O)O)C=CCCC=N1. The van der Waals surface area contributed by atoms with E-state index in [1.807, 2.05) is 0 Å². The molecule has 0 atom stereocenters. The van der Waals surface area contributed by atoms with E-state index in [0.29, 0.717) is 12.8 Å². The third-order valence-corrected chi connectivity index (χ3v) is 5.75. The van der Waals surface area contributed by atoms with Gasteiger partial charge < -0.3 is 19.6 Å². The summed E-state index contributed by atoms with van der Waals surface area (Å²) in [6.45, 7) is 0.